The molecule has 1 unspecified atom stereocenters. The van der Waals surface area contributed by atoms with Gasteiger partial charge in [0.15, 0.2) is 0 Å². The van der Waals surface area contributed by atoms with Crippen molar-refractivity contribution in [2.24, 2.45) is 5.73 Å². The Morgan fingerprint density at radius 3 is 2.66 bits per heavy atom. The second-order valence-corrected chi connectivity index (χ2v) is 6.92. The third-order valence-corrected chi connectivity index (χ3v) is 3.84. The first kappa shape index (κ1) is 22.4. The summed E-state index contributed by atoms with van der Waals surface area (Å²) in [5, 5.41) is 30.0. The molecule has 0 bridgehead atoms. The van der Waals surface area contributed by atoms with Crippen molar-refractivity contribution in [3.63, 3.8) is 0 Å². The van der Waals surface area contributed by atoms with E-state index in [0.717, 1.165) is 0 Å². The summed E-state index contributed by atoms with van der Waals surface area (Å²) >= 11 is 0. The lowest BCUT2D eigenvalue weighted by Crippen LogP contribution is -2.54. The Morgan fingerprint density at radius 2 is 2.07 bits per heavy atom. The second-order valence-electron chi connectivity index (χ2n) is 6.92. The number of hydroxylamine groups is 1. The Balaban J connectivity index is 2.30. The molecule has 1 heterocycles. The molecule has 29 heavy (non-hydrogen) atoms. The number of aliphatic hydroxyl groups excluding tert-OH is 1. The lowest BCUT2D eigenvalue weighted by molar-refractivity contribution is -0.308. The van der Waals surface area contributed by atoms with Crippen molar-refractivity contribution in [2.75, 3.05) is 13.2 Å². The molecule has 2 rings (SSSR count). The van der Waals surface area contributed by atoms with E-state index in [9.17, 15) is 15.0 Å². The van der Waals surface area contributed by atoms with E-state index < -0.39 is 23.4 Å². The molecule has 10 nitrogen and oxygen atoms in total. The van der Waals surface area contributed by atoms with Crippen molar-refractivity contribution in [3.05, 3.63) is 59.7 Å². The van der Waals surface area contributed by atoms with E-state index >= 15 is 0 Å². The number of nitrogens with two attached hydrogens (primary N) is 1. The first-order valence-corrected chi connectivity index (χ1v) is 8.68. The van der Waals surface area contributed by atoms with E-state index in [1.54, 1.807) is 18.2 Å². The van der Waals surface area contributed by atoms with E-state index in [2.05, 4.69) is 15.4 Å². The Kier molecular flexibility index (Phi) is 7.33. The molecule has 1 aromatic heterocycles. The van der Waals surface area contributed by atoms with Crippen LogP contribution in [-0.2, 0) is 9.57 Å². The number of nitrogens with zero attached hydrogens (tertiary/aromatic N) is 3. The van der Waals surface area contributed by atoms with Crippen LogP contribution in [-0.4, -0.2) is 50.6 Å². The highest BCUT2D eigenvalue weighted by Crippen LogP contribution is 2.31. The number of aliphatic hydroxyl groups is 2. The highest BCUT2D eigenvalue weighted by atomic mass is 16.8. The number of ether oxygens (including phenoxy) is 1. The summed E-state index contributed by atoms with van der Waals surface area (Å²) < 4.78 is 5.64. The summed E-state index contributed by atoms with van der Waals surface area (Å²) in [6, 6.07) is 8.11. The van der Waals surface area contributed by atoms with Gasteiger partial charge in [0.1, 0.15) is 12.4 Å². The normalized spacial score (nSPS) is 14.5. The quantitative estimate of drug-likeness (QED) is 0.339. The van der Waals surface area contributed by atoms with E-state index in [1.165, 1.54) is 38.6 Å². The van der Waals surface area contributed by atoms with Crippen molar-refractivity contribution < 1.29 is 24.6 Å². The molecule has 0 spiro atoms. The van der Waals surface area contributed by atoms with Crippen LogP contribution in [0, 0.1) is 11.3 Å². The molecule has 0 aliphatic heterocycles. The topological polar surface area (TPSA) is 164 Å². The summed E-state index contributed by atoms with van der Waals surface area (Å²) in [6.45, 7) is 2.35. The Bertz CT molecular complexity index is 865. The summed E-state index contributed by atoms with van der Waals surface area (Å²) in [6.07, 6.45) is 2.33. The van der Waals surface area contributed by atoms with E-state index in [-0.39, 0.29) is 24.3 Å². The van der Waals surface area contributed by atoms with Crippen LogP contribution in [0.4, 0.5) is 0 Å². The maximum atomic E-state index is 12.3. The van der Waals surface area contributed by atoms with Crippen molar-refractivity contribution in [1.82, 2.24) is 15.4 Å². The molecular formula is C19H23N5O5. The van der Waals surface area contributed by atoms with Crippen molar-refractivity contribution in [1.29, 1.82) is 5.26 Å². The maximum absolute atomic E-state index is 12.3. The van der Waals surface area contributed by atoms with Crippen LogP contribution < -0.4 is 11.2 Å². The zero-order valence-electron chi connectivity index (χ0n) is 16.1. The van der Waals surface area contributed by atoms with Gasteiger partial charge in [0.25, 0.3) is 5.91 Å². The lowest BCUT2D eigenvalue weighted by atomic mass is 9.99. The Labute approximate surface area is 167 Å². The number of hydrogen-bond donors (Lipinski definition) is 4. The predicted octanol–water partition coefficient (Wildman–Crippen LogP) is 0.186. The lowest BCUT2D eigenvalue weighted by Gasteiger charge is -2.37. The summed E-state index contributed by atoms with van der Waals surface area (Å²) in [5.41, 5.74) is 7.44. The van der Waals surface area contributed by atoms with Crippen molar-refractivity contribution in [3.8, 4) is 6.07 Å². The maximum Gasteiger partial charge on any atom is 0.278 e. The number of carbonyl (C=O) groups excluding carboxylic acids is 1. The highest BCUT2D eigenvalue weighted by molar-refractivity contribution is 5.92. The Hall–Kier alpha value is -2.94. The van der Waals surface area contributed by atoms with Crippen molar-refractivity contribution in [2.45, 2.75) is 31.3 Å². The molecular weight excluding hydrogens is 378 g/mol. The van der Waals surface area contributed by atoms with Crippen LogP contribution in [0.1, 0.15) is 41.4 Å². The molecule has 0 saturated heterocycles. The molecule has 0 aliphatic rings. The summed E-state index contributed by atoms with van der Waals surface area (Å²) in [7, 11) is 0. The van der Waals surface area contributed by atoms with Crippen LogP contribution in [0.2, 0.25) is 0 Å². The van der Waals surface area contributed by atoms with Gasteiger partial charge in [0.2, 0.25) is 5.79 Å². The third-order valence-electron chi connectivity index (χ3n) is 3.84. The fraction of sp³-hybridized carbons (Fsp3) is 0.368. The van der Waals surface area contributed by atoms with Gasteiger partial charge in [-0.2, -0.15) is 5.26 Å². The largest absolute Gasteiger partial charge is 0.388 e. The third kappa shape index (κ3) is 6.02. The minimum atomic E-state index is -1.95. The first-order chi connectivity index (χ1) is 13.7. The van der Waals surface area contributed by atoms with Gasteiger partial charge in [0, 0.05) is 12.4 Å². The zero-order valence-corrected chi connectivity index (χ0v) is 16.1. The SMILES string of the molecule is CC(C)(O)CO[C@@](CN)(ONC(=O)c1cncnc1)C(O)c1cccc(C#N)c1. The number of aromatic nitrogens is 2. The number of nitrogens with one attached hydrogen (secondary N) is 1. The zero-order chi connectivity index (χ0) is 21.5. The monoisotopic (exact) mass is 401 g/mol. The van der Waals surface area contributed by atoms with Gasteiger partial charge in [-0.3, -0.25) is 4.79 Å². The number of carbonyl (C=O) groups is 1. The number of benzene rings is 1. The van der Waals surface area contributed by atoms with Gasteiger partial charge >= 0.3 is 0 Å². The average Bonchev–Trinajstić information content (AvgIpc) is 2.73. The number of amides is 1. The minimum Gasteiger partial charge on any atom is -0.388 e. The molecule has 154 valence electrons. The molecule has 5 N–H and O–H groups in total. The van der Waals surface area contributed by atoms with Gasteiger partial charge in [-0.25, -0.2) is 20.3 Å². The van der Waals surface area contributed by atoms with Crippen LogP contribution >= 0.6 is 0 Å². The molecule has 1 aromatic carbocycles. The fourth-order valence-electron chi connectivity index (χ4n) is 2.32. The van der Waals surface area contributed by atoms with Crippen LogP contribution in [0.15, 0.2) is 43.0 Å². The number of rotatable bonds is 9. The van der Waals surface area contributed by atoms with Gasteiger partial charge in [0.05, 0.1) is 35.9 Å². The second kappa shape index (κ2) is 9.51. The van der Waals surface area contributed by atoms with Gasteiger partial charge in [-0.1, -0.05) is 12.1 Å². The molecule has 0 aliphatic carbocycles. The predicted molar refractivity (Wildman–Crippen MR) is 101 cm³/mol. The summed E-state index contributed by atoms with van der Waals surface area (Å²) in [5.74, 6) is -2.63. The standard InChI is InChI=1S/C19H23N5O5/c1-18(2,27)11-28-19(10-21,16(25)14-5-3-4-13(6-14)7-20)29-24-17(26)15-8-22-12-23-9-15/h3-6,8-9,12,16,25,27H,10-11,21H2,1-2H3,(H,24,26)/t16?,19-/m0/s1. The van der Waals surface area contributed by atoms with Gasteiger partial charge in [-0.05, 0) is 31.5 Å². The van der Waals surface area contributed by atoms with Gasteiger partial charge < -0.3 is 20.7 Å². The molecule has 2 aromatic rings. The van der Waals surface area contributed by atoms with Crippen molar-refractivity contribution >= 4 is 5.91 Å². The molecule has 0 radical (unpaired) electrons. The van der Waals surface area contributed by atoms with Gasteiger partial charge in [-0.15, -0.1) is 0 Å². The van der Waals surface area contributed by atoms with Crippen LogP contribution in [0.5, 0.6) is 0 Å². The smallest absolute Gasteiger partial charge is 0.278 e. The van der Waals surface area contributed by atoms with Crippen LogP contribution in [0.25, 0.3) is 0 Å². The molecule has 10 heteroatoms. The highest BCUT2D eigenvalue weighted by Gasteiger charge is 2.43. The van der Waals surface area contributed by atoms with E-state index in [1.807, 2.05) is 6.07 Å². The van der Waals surface area contributed by atoms with E-state index in [4.69, 9.17) is 20.6 Å². The Morgan fingerprint density at radius 1 is 1.38 bits per heavy atom. The number of hydrogen-bond acceptors (Lipinski definition) is 9. The van der Waals surface area contributed by atoms with Crippen LogP contribution in [0.3, 0.4) is 0 Å². The summed E-state index contributed by atoms with van der Waals surface area (Å²) in [4.78, 5) is 25.2. The molecule has 2 atom stereocenters. The average molecular weight is 401 g/mol. The molecule has 0 fully saturated rings. The first-order valence-electron chi connectivity index (χ1n) is 8.68. The fourth-order valence-corrected chi connectivity index (χ4v) is 2.32. The molecule has 1 amide bonds. The molecule has 0 saturated carbocycles. The minimum absolute atomic E-state index is 0.113. The number of nitriles is 1. The van der Waals surface area contributed by atoms with E-state index in [0.29, 0.717) is 5.56 Å².